The van der Waals surface area contributed by atoms with Crippen molar-refractivity contribution < 1.29 is 9.53 Å². The summed E-state index contributed by atoms with van der Waals surface area (Å²) in [5.41, 5.74) is 5.18. The molecular weight excluding hydrogens is 284 g/mol. The molecule has 1 aliphatic heterocycles. The standard InChI is InChI=1S/C16H16N2O2S/c1-11(19)18-15(12-5-3-6-13(9-12)20-2)10-14(17-18)16-7-4-8-21-16/h3-10,15,17H,1-2H3/t15-/m0/s1. The summed E-state index contributed by atoms with van der Waals surface area (Å²) in [5, 5.41) is 3.67. The minimum Gasteiger partial charge on any atom is -0.497 e. The number of hydrogen-bond donors (Lipinski definition) is 1. The van der Waals surface area contributed by atoms with Gasteiger partial charge in [-0.05, 0) is 35.2 Å². The fraction of sp³-hybridized carbons (Fsp3) is 0.188. The number of carbonyl (C=O) groups excluding carboxylic acids is 1. The highest BCUT2D eigenvalue weighted by molar-refractivity contribution is 7.11. The Morgan fingerprint density at radius 3 is 2.86 bits per heavy atom. The van der Waals surface area contributed by atoms with E-state index in [1.165, 1.54) is 0 Å². The SMILES string of the molecule is COc1cccc([C@@H]2C=C(c3cccs3)NN2C(C)=O)c1. The van der Waals surface area contributed by atoms with Crippen molar-refractivity contribution in [2.45, 2.75) is 13.0 Å². The summed E-state index contributed by atoms with van der Waals surface area (Å²) >= 11 is 1.65. The van der Waals surface area contributed by atoms with Crippen LogP contribution in [0.2, 0.25) is 0 Å². The van der Waals surface area contributed by atoms with Crippen molar-refractivity contribution in [2.24, 2.45) is 0 Å². The van der Waals surface area contributed by atoms with Gasteiger partial charge in [0.2, 0.25) is 5.91 Å². The molecule has 0 saturated heterocycles. The molecule has 0 bridgehead atoms. The number of ether oxygens (including phenoxy) is 1. The van der Waals surface area contributed by atoms with E-state index in [9.17, 15) is 4.79 Å². The Labute approximate surface area is 127 Å². The number of thiophene rings is 1. The zero-order valence-electron chi connectivity index (χ0n) is 11.9. The first-order chi connectivity index (χ1) is 10.2. The van der Waals surface area contributed by atoms with E-state index >= 15 is 0 Å². The first-order valence-corrected chi connectivity index (χ1v) is 7.53. The van der Waals surface area contributed by atoms with Gasteiger partial charge >= 0.3 is 0 Å². The van der Waals surface area contributed by atoms with Crippen LogP contribution in [0.4, 0.5) is 0 Å². The van der Waals surface area contributed by atoms with Crippen molar-refractivity contribution in [1.82, 2.24) is 10.4 Å². The largest absolute Gasteiger partial charge is 0.497 e. The Morgan fingerprint density at radius 2 is 2.19 bits per heavy atom. The Morgan fingerprint density at radius 1 is 1.33 bits per heavy atom. The predicted octanol–water partition coefficient (Wildman–Crippen LogP) is 3.21. The van der Waals surface area contributed by atoms with Crippen LogP contribution in [0.15, 0.2) is 47.9 Å². The van der Waals surface area contributed by atoms with E-state index in [0.29, 0.717) is 0 Å². The molecule has 2 aromatic rings. The summed E-state index contributed by atoms with van der Waals surface area (Å²) in [4.78, 5) is 13.0. The van der Waals surface area contributed by atoms with Gasteiger partial charge in [-0.25, -0.2) is 5.01 Å². The van der Waals surface area contributed by atoms with Crippen LogP contribution in [0.5, 0.6) is 5.75 Å². The maximum Gasteiger partial charge on any atom is 0.238 e. The Balaban J connectivity index is 1.98. The van der Waals surface area contributed by atoms with Crippen LogP contribution in [0.1, 0.15) is 23.4 Å². The number of rotatable bonds is 3. The summed E-state index contributed by atoms with van der Waals surface area (Å²) in [6.07, 6.45) is 2.07. The molecule has 0 fully saturated rings. The summed E-state index contributed by atoms with van der Waals surface area (Å²) in [6.45, 7) is 1.56. The predicted molar refractivity (Wildman–Crippen MR) is 83.7 cm³/mol. The molecule has 0 saturated carbocycles. The topological polar surface area (TPSA) is 41.6 Å². The molecule has 0 aliphatic carbocycles. The molecule has 0 radical (unpaired) electrons. The lowest BCUT2D eigenvalue weighted by Crippen LogP contribution is -2.37. The van der Waals surface area contributed by atoms with E-state index in [2.05, 4.69) is 11.5 Å². The molecule has 108 valence electrons. The van der Waals surface area contributed by atoms with Crippen LogP contribution >= 0.6 is 11.3 Å². The molecule has 1 atom stereocenters. The second kappa shape index (κ2) is 5.61. The third-order valence-electron chi connectivity index (χ3n) is 3.40. The average Bonchev–Trinajstić information content (AvgIpc) is 3.16. The second-order valence-corrected chi connectivity index (χ2v) is 5.73. The molecule has 5 heteroatoms. The lowest BCUT2D eigenvalue weighted by molar-refractivity contribution is -0.132. The van der Waals surface area contributed by atoms with Crippen LogP contribution in [0.25, 0.3) is 5.70 Å². The van der Waals surface area contributed by atoms with Crippen LogP contribution < -0.4 is 10.2 Å². The normalized spacial score (nSPS) is 17.3. The monoisotopic (exact) mass is 300 g/mol. The first kappa shape index (κ1) is 13.7. The quantitative estimate of drug-likeness (QED) is 0.946. The third kappa shape index (κ3) is 2.64. The Kier molecular flexibility index (Phi) is 3.66. The smallest absolute Gasteiger partial charge is 0.238 e. The summed E-state index contributed by atoms with van der Waals surface area (Å²) in [5.74, 6) is 0.764. The Hall–Kier alpha value is -2.27. The Bertz CT molecular complexity index is 679. The van der Waals surface area contributed by atoms with Gasteiger partial charge in [-0.1, -0.05) is 18.2 Å². The zero-order valence-corrected chi connectivity index (χ0v) is 12.7. The number of nitrogens with zero attached hydrogens (tertiary/aromatic N) is 1. The fourth-order valence-corrected chi connectivity index (χ4v) is 3.08. The van der Waals surface area contributed by atoms with E-state index in [4.69, 9.17) is 4.74 Å². The van der Waals surface area contributed by atoms with E-state index in [1.807, 2.05) is 41.8 Å². The molecule has 1 aliphatic rings. The number of benzene rings is 1. The van der Waals surface area contributed by atoms with Gasteiger partial charge in [-0.15, -0.1) is 11.3 Å². The van der Waals surface area contributed by atoms with Crippen molar-refractivity contribution in [2.75, 3.05) is 7.11 Å². The van der Waals surface area contributed by atoms with E-state index < -0.39 is 0 Å². The molecule has 2 heterocycles. The van der Waals surface area contributed by atoms with E-state index in [-0.39, 0.29) is 11.9 Å². The van der Waals surface area contributed by atoms with Gasteiger partial charge in [0.25, 0.3) is 0 Å². The molecule has 1 amide bonds. The summed E-state index contributed by atoms with van der Waals surface area (Å²) in [6, 6.07) is 11.7. The van der Waals surface area contributed by atoms with Crippen molar-refractivity contribution in [3.63, 3.8) is 0 Å². The van der Waals surface area contributed by atoms with Crippen molar-refractivity contribution >= 4 is 22.9 Å². The van der Waals surface area contributed by atoms with Gasteiger partial charge in [-0.3, -0.25) is 10.2 Å². The van der Waals surface area contributed by atoms with Crippen molar-refractivity contribution in [3.8, 4) is 5.75 Å². The maximum atomic E-state index is 11.9. The number of methoxy groups -OCH3 is 1. The number of carbonyl (C=O) groups is 1. The van der Waals surface area contributed by atoms with E-state index in [0.717, 1.165) is 21.9 Å². The minimum absolute atomic E-state index is 0.0226. The van der Waals surface area contributed by atoms with Gasteiger partial charge in [0, 0.05) is 6.92 Å². The van der Waals surface area contributed by atoms with Gasteiger partial charge in [0.15, 0.2) is 0 Å². The molecular formula is C16H16N2O2S. The number of hydrazine groups is 1. The first-order valence-electron chi connectivity index (χ1n) is 6.65. The minimum atomic E-state index is -0.130. The molecule has 0 unspecified atom stereocenters. The van der Waals surface area contributed by atoms with Gasteiger partial charge in [0.05, 0.1) is 23.7 Å². The molecule has 1 aromatic heterocycles. The molecule has 1 N–H and O–H groups in total. The van der Waals surface area contributed by atoms with Crippen molar-refractivity contribution in [3.05, 3.63) is 58.3 Å². The van der Waals surface area contributed by atoms with Crippen LogP contribution in [-0.2, 0) is 4.79 Å². The van der Waals surface area contributed by atoms with Crippen LogP contribution in [0.3, 0.4) is 0 Å². The number of hydrogen-bond acceptors (Lipinski definition) is 4. The van der Waals surface area contributed by atoms with Gasteiger partial charge < -0.3 is 4.74 Å². The molecule has 3 rings (SSSR count). The number of nitrogens with one attached hydrogen (secondary N) is 1. The highest BCUT2D eigenvalue weighted by atomic mass is 32.1. The van der Waals surface area contributed by atoms with Crippen LogP contribution in [-0.4, -0.2) is 18.0 Å². The zero-order chi connectivity index (χ0) is 14.8. The maximum absolute atomic E-state index is 11.9. The lowest BCUT2D eigenvalue weighted by atomic mass is 10.1. The molecule has 1 aromatic carbocycles. The molecule has 0 spiro atoms. The van der Waals surface area contributed by atoms with E-state index in [1.54, 1.807) is 30.4 Å². The molecule has 4 nitrogen and oxygen atoms in total. The number of amides is 1. The van der Waals surface area contributed by atoms with Crippen molar-refractivity contribution in [1.29, 1.82) is 0 Å². The second-order valence-electron chi connectivity index (χ2n) is 4.78. The lowest BCUT2D eigenvalue weighted by Gasteiger charge is -2.24. The third-order valence-corrected chi connectivity index (χ3v) is 4.31. The van der Waals surface area contributed by atoms with Gasteiger partial charge in [0.1, 0.15) is 5.75 Å². The van der Waals surface area contributed by atoms with Gasteiger partial charge in [-0.2, -0.15) is 0 Å². The van der Waals surface area contributed by atoms with Crippen LogP contribution in [0, 0.1) is 0 Å². The highest BCUT2D eigenvalue weighted by Gasteiger charge is 2.29. The average molecular weight is 300 g/mol. The fourth-order valence-electron chi connectivity index (χ4n) is 2.38. The summed E-state index contributed by atoms with van der Waals surface area (Å²) in [7, 11) is 1.64. The highest BCUT2D eigenvalue weighted by Crippen LogP contribution is 2.33. The summed E-state index contributed by atoms with van der Waals surface area (Å²) < 4.78 is 5.27. The molecule has 21 heavy (non-hydrogen) atoms.